The van der Waals surface area contributed by atoms with Gasteiger partial charge in [0.25, 0.3) is 0 Å². The molecule has 0 saturated heterocycles. The number of rotatable bonds is 4. The monoisotopic (exact) mass is 335 g/mol. The van der Waals surface area contributed by atoms with Crippen molar-refractivity contribution in [1.29, 1.82) is 0 Å². The Morgan fingerprint density at radius 1 is 1.45 bits per heavy atom. The number of hydrogen-bond donors (Lipinski definition) is 1. The van der Waals surface area contributed by atoms with Crippen molar-refractivity contribution in [2.45, 2.75) is 44.6 Å². The molecule has 22 heavy (non-hydrogen) atoms. The molecule has 0 aromatic carbocycles. The topological polar surface area (TPSA) is 54.9 Å². The Hall–Kier alpha value is -1.14. The number of thioether (sulfide) groups is 1. The summed E-state index contributed by atoms with van der Waals surface area (Å²) in [5.74, 6) is 2.07. The van der Waals surface area contributed by atoms with Crippen LogP contribution in [-0.2, 0) is 24.1 Å². The van der Waals surface area contributed by atoms with Gasteiger partial charge in [0.15, 0.2) is 0 Å². The molecule has 1 aliphatic rings. The van der Waals surface area contributed by atoms with E-state index >= 15 is 0 Å². The van der Waals surface area contributed by atoms with Crippen molar-refractivity contribution < 1.29 is 4.79 Å². The molecule has 1 N–H and O–H groups in total. The molecular formula is C16H21N3OS2. The standard InChI is InChI=1S/C16H21N3OS2/c1-4-12-18-15(21-8-13(20)17-3)14-10-6-5-9(2)7-11(10)22-16(14)19-12/h9H,4-8H2,1-3H3,(H,17,20)/t9-/m0/s1. The van der Waals surface area contributed by atoms with Crippen molar-refractivity contribution in [1.82, 2.24) is 15.3 Å². The van der Waals surface area contributed by atoms with Gasteiger partial charge in [-0.15, -0.1) is 11.3 Å². The average Bonchev–Trinajstić information content (AvgIpc) is 2.89. The van der Waals surface area contributed by atoms with E-state index in [0.29, 0.717) is 5.75 Å². The molecule has 0 aliphatic heterocycles. The molecule has 2 aromatic heterocycles. The Morgan fingerprint density at radius 2 is 2.27 bits per heavy atom. The summed E-state index contributed by atoms with van der Waals surface area (Å²) in [7, 11) is 1.67. The van der Waals surface area contributed by atoms with Gasteiger partial charge in [0.2, 0.25) is 5.91 Å². The van der Waals surface area contributed by atoms with Gasteiger partial charge in [0, 0.05) is 23.7 Å². The molecule has 0 bridgehead atoms. The lowest BCUT2D eigenvalue weighted by molar-refractivity contribution is -0.118. The molecule has 4 nitrogen and oxygen atoms in total. The molecule has 2 aromatic rings. The van der Waals surface area contributed by atoms with Gasteiger partial charge in [-0.2, -0.15) is 0 Å². The van der Waals surface area contributed by atoms with Crippen molar-refractivity contribution in [2.24, 2.45) is 5.92 Å². The number of thiophene rings is 1. The number of aryl methyl sites for hydroxylation is 2. The summed E-state index contributed by atoms with van der Waals surface area (Å²) in [6, 6.07) is 0. The van der Waals surface area contributed by atoms with Crippen molar-refractivity contribution >= 4 is 39.2 Å². The van der Waals surface area contributed by atoms with Crippen LogP contribution in [0.4, 0.5) is 0 Å². The van der Waals surface area contributed by atoms with Crippen LogP contribution in [0.3, 0.4) is 0 Å². The average molecular weight is 335 g/mol. The zero-order valence-electron chi connectivity index (χ0n) is 13.2. The molecule has 0 saturated carbocycles. The molecule has 0 fully saturated rings. The van der Waals surface area contributed by atoms with Gasteiger partial charge in [-0.05, 0) is 30.7 Å². The highest BCUT2D eigenvalue weighted by molar-refractivity contribution is 8.00. The van der Waals surface area contributed by atoms with Gasteiger partial charge in [0.05, 0.1) is 5.75 Å². The lowest BCUT2D eigenvalue weighted by atomic mass is 9.89. The Kier molecular flexibility index (Phi) is 4.68. The summed E-state index contributed by atoms with van der Waals surface area (Å²) in [4.78, 5) is 23.6. The fraction of sp³-hybridized carbons (Fsp3) is 0.562. The van der Waals surface area contributed by atoms with E-state index in [2.05, 4.69) is 19.2 Å². The maximum atomic E-state index is 11.6. The molecule has 0 radical (unpaired) electrons. The Morgan fingerprint density at radius 3 is 3.00 bits per heavy atom. The fourth-order valence-corrected chi connectivity index (χ4v) is 5.23. The normalized spacial score (nSPS) is 17.5. The number of aromatic nitrogens is 2. The summed E-state index contributed by atoms with van der Waals surface area (Å²) in [5, 5.41) is 4.86. The van der Waals surface area contributed by atoms with Crippen molar-refractivity contribution in [3.63, 3.8) is 0 Å². The maximum Gasteiger partial charge on any atom is 0.230 e. The van der Waals surface area contributed by atoms with Crippen molar-refractivity contribution in [3.05, 3.63) is 16.3 Å². The third kappa shape index (κ3) is 2.99. The van der Waals surface area contributed by atoms with Crippen LogP contribution >= 0.6 is 23.1 Å². The number of nitrogens with one attached hydrogen (secondary N) is 1. The minimum Gasteiger partial charge on any atom is -0.358 e. The molecule has 0 unspecified atom stereocenters. The number of carbonyl (C=O) groups is 1. The van der Waals surface area contributed by atoms with Gasteiger partial charge in [0.1, 0.15) is 15.7 Å². The van der Waals surface area contributed by atoms with Crippen molar-refractivity contribution in [2.75, 3.05) is 12.8 Å². The molecule has 1 aliphatic carbocycles. The Labute approximate surface area is 139 Å². The van der Waals surface area contributed by atoms with E-state index in [1.807, 2.05) is 11.3 Å². The van der Waals surface area contributed by atoms with E-state index in [0.717, 1.165) is 40.9 Å². The molecule has 2 heterocycles. The number of amides is 1. The molecular weight excluding hydrogens is 314 g/mol. The highest BCUT2D eigenvalue weighted by Gasteiger charge is 2.24. The van der Waals surface area contributed by atoms with Gasteiger partial charge in [-0.1, -0.05) is 25.6 Å². The molecule has 1 atom stereocenters. The Balaban J connectivity index is 2.06. The first-order valence-corrected chi connectivity index (χ1v) is 9.57. The number of carbonyl (C=O) groups excluding carboxylic acids is 1. The van der Waals surface area contributed by atoms with E-state index in [1.165, 1.54) is 34.0 Å². The summed E-state index contributed by atoms with van der Waals surface area (Å²) < 4.78 is 0. The second-order valence-electron chi connectivity index (χ2n) is 5.79. The molecule has 118 valence electrons. The predicted octanol–water partition coefficient (Wildman–Crippen LogP) is 3.22. The van der Waals surface area contributed by atoms with Crippen LogP contribution in [0, 0.1) is 5.92 Å². The highest BCUT2D eigenvalue weighted by atomic mass is 32.2. The summed E-state index contributed by atoms with van der Waals surface area (Å²) >= 11 is 3.36. The zero-order valence-corrected chi connectivity index (χ0v) is 14.9. The van der Waals surface area contributed by atoms with E-state index in [-0.39, 0.29) is 5.91 Å². The number of hydrogen-bond acceptors (Lipinski definition) is 5. The molecule has 6 heteroatoms. The van der Waals surface area contributed by atoms with Gasteiger partial charge >= 0.3 is 0 Å². The van der Waals surface area contributed by atoms with E-state index in [4.69, 9.17) is 9.97 Å². The minimum atomic E-state index is 0.0348. The first-order chi connectivity index (χ1) is 10.6. The van der Waals surface area contributed by atoms with Crippen LogP contribution in [0.2, 0.25) is 0 Å². The van der Waals surface area contributed by atoms with E-state index < -0.39 is 0 Å². The summed E-state index contributed by atoms with van der Waals surface area (Å²) in [6.45, 7) is 4.39. The van der Waals surface area contributed by atoms with Gasteiger partial charge < -0.3 is 5.32 Å². The molecule has 3 rings (SSSR count). The van der Waals surface area contributed by atoms with Crippen LogP contribution in [-0.4, -0.2) is 28.7 Å². The Bertz CT molecular complexity index is 711. The van der Waals surface area contributed by atoms with Gasteiger partial charge in [-0.25, -0.2) is 9.97 Å². The smallest absolute Gasteiger partial charge is 0.230 e. The fourth-order valence-electron chi connectivity index (χ4n) is 2.82. The SMILES string of the molecule is CCc1nc(SCC(=O)NC)c2c3c(sc2n1)C[C@@H](C)CC3. The third-order valence-corrected chi connectivity index (χ3v) is 6.23. The van der Waals surface area contributed by atoms with Crippen molar-refractivity contribution in [3.8, 4) is 0 Å². The summed E-state index contributed by atoms with van der Waals surface area (Å²) in [6.07, 6.45) is 4.31. The number of nitrogens with zero attached hydrogens (tertiary/aromatic N) is 2. The number of fused-ring (bicyclic) bond motifs is 3. The van der Waals surface area contributed by atoms with E-state index in [9.17, 15) is 4.79 Å². The van der Waals surface area contributed by atoms with Crippen LogP contribution in [0.5, 0.6) is 0 Å². The van der Waals surface area contributed by atoms with Crippen LogP contribution < -0.4 is 5.32 Å². The lowest BCUT2D eigenvalue weighted by Crippen LogP contribution is -2.19. The van der Waals surface area contributed by atoms with Crippen LogP contribution in [0.15, 0.2) is 5.03 Å². The first kappa shape index (κ1) is 15.7. The lowest BCUT2D eigenvalue weighted by Gasteiger charge is -2.18. The first-order valence-electron chi connectivity index (χ1n) is 7.76. The summed E-state index contributed by atoms with van der Waals surface area (Å²) in [5.41, 5.74) is 1.43. The zero-order chi connectivity index (χ0) is 15.7. The third-order valence-electron chi connectivity index (χ3n) is 4.10. The maximum absolute atomic E-state index is 11.6. The second kappa shape index (κ2) is 6.54. The van der Waals surface area contributed by atoms with Crippen LogP contribution in [0.1, 0.15) is 36.5 Å². The quantitative estimate of drug-likeness (QED) is 0.688. The largest absolute Gasteiger partial charge is 0.358 e. The minimum absolute atomic E-state index is 0.0348. The molecule has 1 amide bonds. The van der Waals surface area contributed by atoms with Gasteiger partial charge in [-0.3, -0.25) is 4.79 Å². The second-order valence-corrected chi connectivity index (χ2v) is 7.84. The van der Waals surface area contributed by atoms with Crippen LogP contribution in [0.25, 0.3) is 10.2 Å². The van der Waals surface area contributed by atoms with E-state index in [1.54, 1.807) is 7.05 Å². The molecule has 0 spiro atoms. The highest BCUT2D eigenvalue weighted by Crippen LogP contribution is 2.40. The predicted molar refractivity (Wildman–Crippen MR) is 92.8 cm³/mol.